The van der Waals surface area contributed by atoms with Crippen molar-refractivity contribution in [3.8, 4) is 0 Å². The van der Waals surface area contributed by atoms with E-state index in [0.717, 1.165) is 25.9 Å². The Morgan fingerprint density at radius 3 is 2.40 bits per heavy atom. The highest BCUT2D eigenvalue weighted by atomic mass is 35.5. The van der Waals surface area contributed by atoms with E-state index in [2.05, 4.69) is 17.6 Å². The summed E-state index contributed by atoms with van der Waals surface area (Å²) in [5.41, 5.74) is -0.603. The summed E-state index contributed by atoms with van der Waals surface area (Å²) in [6.07, 6.45) is 8.02. The molecule has 1 saturated carbocycles. The van der Waals surface area contributed by atoms with Gasteiger partial charge < -0.3 is 15.4 Å². The van der Waals surface area contributed by atoms with Crippen molar-refractivity contribution >= 4 is 18.3 Å². The van der Waals surface area contributed by atoms with Crippen LogP contribution in [-0.4, -0.2) is 37.7 Å². The highest BCUT2D eigenvalue weighted by Crippen LogP contribution is 2.28. The van der Waals surface area contributed by atoms with Crippen molar-refractivity contribution in [1.82, 2.24) is 10.6 Å². The molecule has 118 valence electrons. The van der Waals surface area contributed by atoms with Gasteiger partial charge in [0.15, 0.2) is 0 Å². The molecule has 2 aliphatic rings. The van der Waals surface area contributed by atoms with Crippen LogP contribution in [0, 0.1) is 5.92 Å². The van der Waals surface area contributed by atoms with Gasteiger partial charge in [0, 0.05) is 13.2 Å². The van der Waals surface area contributed by atoms with Crippen molar-refractivity contribution in [2.75, 3.05) is 20.2 Å². The van der Waals surface area contributed by atoms with Crippen LogP contribution in [0.25, 0.3) is 0 Å². The maximum atomic E-state index is 12.5. The van der Waals surface area contributed by atoms with Crippen LogP contribution in [0.1, 0.15) is 51.9 Å². The van der Waals surface area contributed by atoms with Gasteiger partial charge in [0.2, 0.25) is 0 Å². The molecule has 0 aromatic carbocycles. The Morgan fingerprint density at radius 2 is 1.85 bits per heavy atom. The van der Waals surface area contributed by atoms with E-state index in [4.69, 9.17) is 4.74 Å². The second-order valence-corrected chi connectivity index (χ2v) is 6.11. The van der Waals surface area contributed by atoms with Gasteiger partial charge in [0.1, 0.15) is 5.60 Å². The fourth-order valence-corrected chi connectivity index (χ4v) is 3.44. The molecule has 1 saturated heterocycles. The van der Waals surface area contributed by atoms with Gasteiger partial charge in [-0.15, -0.1) is 12.4 Å². The maximum Gasteiger partial charge on any atom is 0.252 e. The van der Waals surface area contributed by atoms with Gasteiger partial charge in [-0.1, -0.05) is 19.3 Å². The molecule has 2 N–H and O–H groups in total. The number of hydrogen-bond donors (Lipinski definition) is 2. The lowest BCUT2D eigenvalue weighted by Gasteiger charge is -2.37. The summed E-state index contributed by atoms with van der Waals surface area (Å²) in [5, 5.41) is 6.50. The first-order chi connectivity index (χ1) is 9.18. The summed E-state index contributed by atoms with van der Waals surface area (Å²) in [6.45, 7) is 3.87. The van der Waals surface area contributed by atoms with Crippen LogP contribution in [0.4, 0.5) is 0 Å². The van der Waals surface area contributed by atoms with Gasteiger partial charge in [-0.25, -0.2) is 0 Å². The number of carbonyl (C=O) groups is 1. The predicted octanol–water partition coefficient (Wildman–Crippen LogP) is 2.26. The number of rotatable bonds is 4. The number of amides is 1. The molecule has 1 aliphatic heterocycles. The number of halogens is 1. The van der Waals surface area contributed by atoms with E-state index in [-0.39, 0.29) is 24.4 Å². The van der Waals surface area contributed by atoms with E-state index in [1.807, 2.05) is 0 Å². The second kappa shape index (κ2) is 8.20. The molecule has 20 heavy (non-hydrogen) atoms. The second-order valence-electron chi connectivity index (χ2n) is 6.11. The third kappa shape index (κ3) is 4.09. The molecule has 0 aromatic heterocycles. The van der Waals surface area contributed by atoms with Gasteiger partial charge in [0.05, 0.1) is 0 Å². The fraction of sp³-hybridized carbons (Fsp3) is 0.933. The minimum Gasteiger partial charge on any atom is -0.368 e. The van der Waals surface area contributed by atoms with Crippen molar-refractivity contribution in [3.05, 3.63) is 0 Å². The zero-order valence-electron chi connectivity index (χ0n) is 12.7. The average molecular weight is 305 g/mol. The Hall–Kier alpha value is -0.320. The molecule has 1 aliphatic carbocycles. The van der Waals surface area contributed by atoms with E-state index in [1.165, 1.54) is 32.1 Å². The third-order valence-corrected chi connectivity index (χ3v) is 4.93. The lowest BCUT2D eigenvalue weighted by molar-refractivity contribution is -0.147. The van der Waals surface area contributed by atoms with Gasteiger partial charge in [0.25, 0.3) is 5.91 Å². The Bertz CT molecular complexity index is 300. The molecule has 2 rings (SSSR count). The molecule has 4 nitrogen and oxygen atoms in total. The molecule has 1 heterocycles. The van der Waals surface area contributed by atoms with Crippen molar-refractivity contribution in [2.45, 2.75) is 63.5 Å². The molecule has 0 bridgehead atoms. The summed E-state index contributed by atoms with van der Waals surface area (Å²) >= 11 is 0. The van der Waals surface area contributed by atoms with Crippen LogP contribution in [-0.2, 0) is 9.53 Å². The van der Waals surface area contributed by atoms with Crippen LogP contribution in [0.3, 0.4) is 0 Å². The lowest BCUT2D eigenvalue weighted by atomic mass is 9.83. The van der Waals surface area contributed by atoms with Gasteiger partial charge in [-0.3, -0.25) is 4.79 Å². The number of methoxy groups -OCH3 is 1. The van der Waals surface area contributed by atoms with Crippen molar-refractivity contribution < 1.29 is 9.53 Å². The molecule has 1 atom stereocenters. The maximum absolute atomic E-state index is 12.5. The minimum absolute atomic E-state index is 0. The van der Waals surface area contributed by atoms with E-state index >= 15 is 0 Å². The highest BCUT2D eigenvalue weighted by molar-refractivity contribution is 5.85. The van der Waals surface area contributed by atoms with Crippen LogP contribution in [0.15, 0.2) is 0 Å². The summed E-state index contributed by atoms with van der Waals surface area (Å²) in [7, 11) is 1.66. The van der Waals surface area contributed by atoms with E-state index in [0.29, 0.717) is 5.92 Å². The predicted molar refractivity (Wildman–Crippen MR) is 83.3 cm³/mol. The molecule has 1 amide bonds. The van der Waals surface area contributed by atoms with Crippen molar-refractivity contribution in [1.29, 1.82) is 0 Å². The monoisotopic (exact) mass is 304 g/mol. The normalized spacial score (nSPS) is 24.5. The zero-order chi connectivity index (χ0) is 13.7. The van der Waals surface area contributed by atoms with Crippen molar-refractivity contribution in [3.63, 3.8) is 0 Å². The van der Waals surface area contributed by atoms with E-state index in [1.54, 1.807) is 7.11 Å². The topological polar surface area (TPSA) is 50.4 Å². The van der Waals surface area contributed by atoms with Crippen LogP contribution >= 0.6 is 12.4 Å². The molecule has 5 heteroatoms. The minimum atomic E-state index is -0.603. The first-order valence-corrected chi connectivity index (χ1v) is 7.75. The first kappa shape index (κ1) is 17.7. The molecular formula is C15H29ClN2O2. The molecule has 1 unspecified atom stereocenters. The van der Waals surface area contributed by atoms with Crippen LogP contribution in [0.2, 0.25) is 0 Å². The quantitative estimate of drug-likeness (QED) is 0.837. The number of carbonyl (C=O) groups excluding carboxylic acids is 1. The fourth-order valence-electron chi connectivity index (χ4n) is 3.44. The zero-order valence-corrected chi connectivity index (χ0v) is 13.6. The SMILES string of the molecule is COC1(C(=O)NC(C)C2CCCCC2)CCNCC1.Cl. The smallest absolute Gasteiger partial charge is 0.252 e. The van der Waals surface area contributed by atoms with Gasteiger partial charge in [-0.2, -0.15) is 0 Å². The molecule has 0 radical (unpaired) electrons. The van der Waals surface area contributed by atoms with Gasteiger partial charge >= 0.3 is 0 Å². The number of ether oxygens (including phenoxy) is 1. The highest BCUT2D eigenvalue weighted by Gasteiger charge is 2.40. The number of nitrogens with one attached hydrogen (secondary N) is 2. The summed E-state index contributed by atoms with van der Waals surface area (Å²) in [4.78, 5) is 12.5. The Kier molecular flexibility index (Phi) is 7.27. The van der Waals surface area contributed by atoms with E-state index < -0.39 is 5.60 Å². The van der Waals surface area contributed by atoms with Crippen LogP contribution < -0.4 is 10.6 Å². The summed E-state index contributed by atoms with van der Waals surface area (Å²) < 4.78 is 5.58. The number of piperidine rings is 1. The molecular weight excluding hydrogens is 276 g/mol. The van der Waals surface area contributed by atoms with E-state index in [9.17, 15) is 4.79 Å². The largest absolute Gasteiger partial charge is 0.368 e. The molecule has 0 spiro atoms. The Morgan fingerprint density at radius 1 is 1.25 bits per heavy atom. The summed E-state index contributed by atoms with van der Waals surface area (Å²) in [6, 6.07) is 0.273. The third-order valence-electron chi connectivity index (χ3n) is 4.93. The standard InChI is InChI=1S/C15H28N2O2.ClH/c1-12(13-6-4-3-5-7-13)17-14(18)15(19-2)8-10-16-11-9-15;/h12-13,16H,3-11H2,1-2H3,(H,17,18);1H. The first-order valence-electron chi connectivity index (χ1n) is 7.75. The Labute approximate surface area is 128 Å². The molecule has 0 aromatic rings. The van der Waals surface area contributed by atoms with Gasteiger partial charge in [-0.05, 0) is 51.6 Å². The van der Waals surface area contributed by atoms with Crippen LogP contribution in [0.5, 0.6) is 0 Å². The number of hydrogen-bond acceptors (Lipinski definition) is 3. The lowest BCUT2D eigenvalue weighted by Crippen LogP contribution is -2.56. The molecule has 2 fully saturated rings. The van der Waals surface area contributed by atoms with Crippen molar-refractivity contribution in [2.24, 2.45) is 5.92 Å². The Balaban J connectivity index is 0.00000200. The summed E-state index contributed by atoms with van der Waals surface area (Å²) in [5.74, 6) is 0.739. The average Bonchev–Trinajstić information content (AvgIpc) is 2.48.